The molecule has 0 heterocycles. The normalized spacial score (nSPS) is 11.8. The number of nitrogens with zero attached hydrogens (tertiary/aromatic N) is 1. The molecule has 25 heavy (non-hydrogen) atoms. The molecular weight excluding hydrogens is 349 g/mol. The van der Waals surface area contributed by atoms with Crippen LogP contribution in [0, 0.1) is 0 Å². The first-order valence-corrected chi connectivity index (χ1v) is 8.74. The van der Waals surface area contributed by atoms with Crippen LogP contribution in [0.4, 0.5) is 0 Å². The van der Waals surface area contributed by atoms with Crippen LogP contribution in [0.3, 0.4) is 0 Å². The van der Waals surface area contributed by atoms with Gasteiger partial charge in [-0.15, -0.1) is 24.0 Å². The molecule has 3 aromatic carbocycles. The van der Waals surface area contributed by atoms with Crippen molar-refractivity contribution < 1.29 is 0 Å². The fourth-order valence-corrected chi connectivity index (χ4v) is 3.20. The highest BCUT2D eigenvalue weighted by Crippen LogP contribution is 2.23. The van der Waals surface area contributed by atoms with Gasteiger partial charge >= 0.3 is 0 Å². The van der Waals surface area contributed by atoms with Crippen molar-refractivity contribution >= 4 is 24.0 Å². The molecule has 130 valence electrons. The van der Waals surface area contributed by atoms with E-state index in [2.05, 4.69) is 77.7 Å². The summed E-state index contributed by atoms with van der Waals surface area (Å²) in [5.41, 5.74) is 3.79. The molecule has 1 nitrogen and oxygen atoms in total. The quantitative estimate of drug-likeness (QED) is 0.454. The van der Waals surface area contributed by atoms with Crippen molar-refractivity contribution in [1.82, 2.24) is 4.90 Å². The molecule has 0 amide bonds. The highest BCUT2D eigenvalue weighted by Gasteiger charge is 2.14. The lowest BCUT2D eigenvalue weighted by molar-refractivity contribution is 0.257. The van der Waals surface area contributed by atoms with Crippen LogP contribution in [0.25, 0.3) is 0 Å². The zero-order chi connectivity index (χ0) is 16.6. The molecule has 1 unspecified atom stereocenters. The molecule has 0 aromatic heterocycles. The highest BCUT2D eigenvalue weighted by atomic mass is 35.5. The van der Waals surface area contributed by atoms with Crippen LogP contribution in [-0.4, -0.2) is 11.4 Å². The molecule has 0 spiro atoms. The Hall–Kier alpha value is -1.80. The second kappa shape index (κ2) is 10.2. The topological polar surface area (TPSA) is 3.24 Å². The fourth-order valence-electron chi connectivity index (χ4n) is 2.86. The van der Waals surface area contributed by atoms with Gasteiger partial charge in [0.2, 0.25) is 0 Å². The Labute approximate surface area is 161 Å². The van der Waals surface area contributed by atoms with Crippen LogP contribution in [-0.2, 0) is 13.1 Å². The van der Waals surface area contributed by atoms with Crippen molar-refractivity contribution in [3.8, 4) is 0 Å². The van der Waals surface area contributed by atoms with Crippen LogP contribution >= 0.6 is 24.0 Å². The van der Waals surface area contributed by atoms with Crippen LogP contribution < -0.4 is 0 Å². The summed E-state index contributed by atoms with van der Waals surface area (Å²) in [6.07, 6.45) is 0. The van der Waals surface area contributed by atoms with Crippen molar-refractivity contribution in [2.75, 3.05) is 6.54 Å². The molecule has 0 aliphatic heterocycles. The van der Waals surface area contributed by atoms with E-state index in [9.17, 15) is 0 Å². The summed E-state index contributed by atoms with van der Waals surface area (Å²) in [6.45, 7) is 2.60. The molecule has 3 heteroatoms. The molecule has 0 N–H and O–H groups in total. The highest BCUT2D eigenvalue weighted by molar-refractivity contribution is 6.21. The SMILES string of the molecule is Cl.ClC(CN(Cc1ccccc1)Cc1ccccc1)c1ccccc1. The molecule has 0 aliphatic rings. The Balaban J connectivity index is 0.00000225. The molecule has 0 saturated carbocycles. The van der Waals surface area contributed by atoms with Gasteiger partial charge in [0.1, 0.15) is 0 Å². The molecule has 3 rings (SSSR count). The smallest absolute Gasteiger partial charge is 0.0712 e. The van der Waals surface area contributed by atoms with Gasteiger partial charge in [-0.1, -0.05) is 91.0 Å². The lowest BCUT2D eigenvalue weighted by atomic mass is 10.1. The lowest BCUT2D eigenvalue weighted by Crippen LogP contribution is -2.26. The third kappa shape index (κ3) is 6.21. The standard InChI is InChI=1S/C22H22ClN.ClH/c23-22(21-14-8-3-9-15-21)18-24(16-19-10-4-1-5-11-19)17-20-12-6-2-7-13-20;/h1-15,22H,16-18H2;1H. The van der Waals surface area contributed by atoms with Gasteiger partial charge < -0.3 is 0 Å². The number of benzene rings is 3. The fraction of sp³-hybridized carbons (Fsp3) is 0.182. The minimum absolute atomic E-state index is 0. The van der Waals surface area contributed by atoms with E-state index >= 15 is 0 Å². The van der Waals surface area contributed by atoms with E-state index in [1.807, 2.05) is 18.2 Å². The second-order valence-electron chi connectivity index (χ2n) is 6.02. The van der Waals surface area contributed by atoms with Crippen molar-refractivity contribution in [3.05, 3.63) is 108 Å². The average molecular weight is 372 g/mol. The van der Waals surface area contributed by atoms with E-state index < -0.39 is 0 Å². The molecular formula is C22H23Cl2N. The average Bonchev–Trinajstić information content (AvgIpc) is 2.64. The van der Waals surface area contributed by atoms with Crippen LogP contribution in [0.1, 0.15) is 22.1 Å². The Morgan fingerprint density at radius 3 is 1.48 bits per heavy atom. The maximum atomic E-state index is 6.69. The Bertz CT molecular complexity index is 675. The Morgan fingerprint density at radius 1 is 0.640 bits per heavy atom. The van der Waals surface area contributed by atoms with Crippen molar-refractivity contribution in [2.45, 2.75) is 18.5 Å². The van der Waals surface area contributed by atoms with E-state index in [-0.39, 0.29) is 17.8 Å². The third-order valence-corrected chi connectivity index (χ3v) is 4.47. The van der Waals surface area contributed by atoms with Gasteiger partial charge in [-0.3, -0.25) is 4.90 Å². The second-order valence-corrected chi connectivity index (χ2v) is 6.55. The number of halogens is 2. The maximum Gasteiger partial charge on any atom is 0.0712 e. The summed E-state index contributed by atoms with van der Waals surface area (Å²) in [5.74, 6) is 0. The minimum Gasteiger partial charge on any atom is -0.293 e. The minimum atomic E-state index is -0.0152. The molecule has 0 radical (unpaired) electrons. The summed E-state index contributed by atoms with van der Waals surface area (Å²) in [5, 5.41) is -0.0152. The monoisotopic (exact) mass is 371 g/mol. The summed E-state index contributed by atoms with van der Waals surface area (Å²) in [6, 6.07) is 31.5. The maximum absolute atomic E-state index is 6.69. The van der Waals surface area contributed by atoms with Gasteiger partial charge in [-0.05, 0) is 16.7 Å². The summed E-state index contributed by atoms with van der Waals surface area (Å²) in [4.78, 5) is 2.41. The van der Waals surface area contributed by atoms with Gasteiger partial charge in [0.15, 0.2) is 0 Å². The van der Waals surface area contributed by atoms with Gasteiger partial charge in [0, 0.05) is 19.6 Å². The van der Waals surface area contributed by atoms with Gasteiger partial charge in [-0.2, -0.15) is 0 Å². The lowest BCUT2D eigenvalue weighted by Gasteiger charge is -2.25. The molecule has 1 atom stereocenters. The predicted octanol–water partition coefficient (Wildman–Crippen LogP) is 6.09. The van der Waals surface area contributed by atoms with E-state index in [1.165, 1.54) is 16.7 Å². The first-order chi connectivity index (χ1) is 11.8. The molecule has 0 fully saturated rings. The van der Waals surface area contributed by atoms with E-state index in [0.717, 1.165) is 19.6 Å². The van der Waals surface area contributed by atoms with E-state index in [0.29, 0.717) is 0 Å². The molecule has 3 aromatic rings. The molecule has 0 aliphatic carbocycles. The number of alkyl halides is 1. The summed E-state index contributed by atoms with van der Waals surface area (Å²) in [7, 11) is 0. The third-order valence-electron chi connectivity index (χ3n) is 4.08. The first-order valence-electron chi connectivity index (χ1n) is 8.30. The van der Waals surface area contributed by atoms with E-state index in [4.69, 9.17) is 11.6 Å². The number of hydrogen-bond donors (Lipinski definition) is 0. The number of hydrogen-bond acceptors (Lipinski definition) is 1. The van der Waals surface area contributed by atoms with Crippen molar-refractivity contribution in [2.24, 2.45) is 0 Å². The zero-order valence-corrected chi connectivity index (χ0v) is 15.7. The first kappa shape index (κ1) is 19.5. The predicted molar refractivity (Wildman–Crippen MR) is 109 cm³/mol. The summed E-state index contributed by atoms with van der Waals surface area (Å²) >= 11 is 6.69. The summed E-state index contributed by atoms with van der Waals surface area (Å²) < 4.78 is 0. The zero-order valence-electron chi connectivity index (χ0n) is 14.1. The van der Waals surface area contributed by atoms with Gasteiger partial charge in [0.05, 0.1) is 5.38 Å². The van der Waals surface area contributed by atoms with Crippen LogP contribution in [0.15, 0.2) is 91.0 Å². The number of rotatable bonds is 7. The van der Waals surface area contributed by atoms with Gasteiger partial charge in [0.25, 0.3) is 0 Å². The van der Waals surface area contributed by atoms with Gasteiger partial charge in [-0.25, -0.2) is 0 Å². The van der Waals surface area contributed by atoms with Crippen LogP contribution in [0.5, 0.6) is 0 Å². The molecule has 0 saturated heterocycles. The Kier molecular flexibility index (Phi) is 8.00. The van der Waals surface area contributed by atoms with Crippen LogP contribution in [0.2, 0.25) is 0 Å². The largest absolute Gasteiger partial charge is 0.293 e. The Morgan fingerprint density at radius 2 is 1.04 bits per heavy atom. The van der Waals surface area contributed by atoms with Crippen molar-refractivity contribution in [3.63, 3.8) is 0 Å². The van der Waals surface area contributed by atoms with E-state index in [1.54, 1.807) is 0 Å². The van der Waals surface area contributed by atoms with Crippen molar-refractivity contribution in [1.29, 1.82) is 0 Å². The molecule has 0 bridgehead atoms.